The maximum Gasteiger partial charge on any atom is 0.163 e. The molecular weight excluding hydrogens is 344 g/mol. The first-order valence-corrected chi connectivity index (χ1v) is 9.28. The Morgan fingerprint density at radius 1 is 0.500 bits per heavy atom. The van der Waals surface area contributed by atoms with E-state index in [9.17, 15) is 0 Å². The van der Waals surface area contributed by atoms with Crippen molar-refractivity contribution in [2.75, 3.05) is 0 Å². The van der Waals surface area contributed by atoms with E-state index in [0.717, 1.165) is 44.8 Å². The van der Waals surface area contributed by atoms with Crippen molar-refractivity contribution in [2.24, 2.45) is 0 Å². The van der Waals surface area contributed by atoms with Gasteiger partial charge < -0.3 is 0 Å². The predicted molar refractivity (Wildman–Crippen MR) is 112 cm³/mol. The van der Waals surface area contributed by atoms with Crippen LogP contribution in [-0.4, -0.2) is 18.8 Å². The normalized spacial score (nSPS) is 11.6. The zero-order valence-corrected chi connectivity index (χ0v) is 15.0. The molecule has 4 heteroatoms. The topological polar surface area (TPSA) is 34.6 Å². The third-order valence-corrected chi connectivity index (χ3v) is 5.22. The number of imidazole rings is 2. The van der Waals surface area contributed by atoms with Crippen molar-refractivity contribution in [3.05, 3.63) is 97.3 Å². The van der Waals surface area contributed by atoms with E-state index in [0.29, 0.717) is 0 Å². The Morgan fingerprint density at radius 2 is 1.11 bits per heavy atom. The number of hydrogen-bond donors (Lipinski definition) is 0. The molecule has 28 heavy (non-hydrogen) atoms. The molecule has 3 aromatic heterocycles. The fourth-order valence-electron chi connectivity index (χ4n) is 3.98. The fraction of sp³-hybridized carbons (Fsp3) is 0. The lowest BCUT2D eigenvalue weighted by Gasteiger charge is -2.11. The minimum absolute atomic E-state index is 0.909. The first-order chi connectivity index (χ1) is 13.9. The van der Waals surface area contributed by atoms with Crippen molar-refractivity contribution in [1.29, 1.82) is 0 Å². The van der Waals surface area contributed by atoms with Crippen LogP contribution < -0.4 is 0 Å². The number of hydrogen-bond acceptors (Lipinski definition) is 2. The Morgan fingerprint density at radius 3 is 1.82 bits per heavy atom. The van der Waals surface area contributed by atoms with Gasteiger partial charge in [-0.2, -0.15) is 0 Å². The molecule has 0 aliphatic rings. The van der Waals surface area contributed by atoms with Gasteiger partial charge in [-0.05, 0) is 12.1 Å². The molecule has 0 radical (unpaired) electrons. The lowest BCUT2D eigenvalue weighted by Crippen LogP contribution is -1.99. The van der Waals surface area contributed by atoms with Gasteiger partial charge in [0.15, 0.2) is 5.65 Å². The quantitative estimate of drug-likeness (QED) is 0.410. The summed E-state index contributed by atoms with van der Waals surface area (Å²) in [6, 6.07) is 29.1. The summed E-state index contributed by atoms with van der Waals surface area (Å²) in [4.78, 5) is 9.54. The molecule has 4 nitrogen and oxygen atoms in total. The molecule has 0 aliphatic carbocycles. The Kier molecular flexibility index (Phi) is 3.14. The van der Waals surface area contributed by atoms with Gasteiger partial charge in [0.2, 0.25) is 0 Å². The fourth-order valence-corrected chi connectivity index (χ4v) is 3.98. The van der Waals surface area contributed by atoms with Gasteiger partial charge in [0.05, 0.1) is 29.1 Å². The maximum atomic E-state index is 4.78. The van der Waals surface area contributed by atoms with Crippen LogP contribution in [0.5, 0.6) is 0 Å². The van der Waals surface area contributed by atoms with Gasteiger partial charge in [0, 0.05) is 11.1 Å². The molecule has 0 saturated heterocycles. The minimum atomic E-state index is 0.909. The van der Waals surface area contributed by atoms with Crippen molar-refractivity contribution in [2.45, 2.75) is 0 Å². The van der Waals surface area contributed by atoms with Crippen LogP contribution in [0.4, 0.5) is 0 Å². The summed E-state index contributed by atoms with van der Waals surface area (Å²) in [7, 11) is 0. The molecule has 6 rings (SSSR count). The molecule has 0 N–H and O–H groups in total. The molecule has 0 aliphatic heterocycles. The number of benzene rings is 3. The Bertz CT molecular complexity index is 1330. The van der Waals surface area contributed by atoms with Crippen LogP contribution in [-0.2, 0) is 0 Å². The van der Waals surface area contributed by atoms with Gasteiger partial charge >= 0.3 is 0 Å². The highest BCUT2D eigenvalue weighted by Crippen LogP contribution is 2.31. The van der Waals surface area contributed by atoms with Gasteiger partial charge in [0.25, 0.3) is 0 Å². The maximum absolute atomic E-state index is 4.78. The second kappa shape index (κ2) is 5.79. The first kappa shape index (κ1) is 15.2. The summed E-state index contributed by atoms with van der Waals surface area (Å²) in [5.41, 5.74) is 7.44. The monoisotopic (exact) mass is 360 g/mol. The largest absolute Gasteiger partial charge is 0.289 e. The molecule has 0 unspecified atom stereocenters. The summed E-state index contributed by atoms with van der Waals surface area (Å²) >= 11 is 0. The van der Waals surface area contributed by atoms with Crippen molar-refractivity contribution >= 4 is 22.2 Å². The number of aromatic nitrogens is 4. The third-order valence-electron chi connectivity index (χ3n) is 5.22. The van der Waals surface area contributed by atoms with E-state index in [-0.39, 0.29) is 0 Å². The van der Waals surface area contributed by atoms with Gasteiger partial charge in [0.1, 0.15) is 11.3 Å². The summed E-state index contributed by atoms with van der Waals surface area (Å²) in [6.45, 7) is 0. The zero-order chi connectivity index (χ0) is 18.5. The van der Waals surface area contributed by atoms with E-state index in [1.807, 2.05) is 36.7 Å². The number of para-hydroxylation sites is 2. The highest BCUT2D eigenvalue weighted by Gasteiger charge is 2.17. The van der Waals surface area contributed by atoms with Crippen LogP contribution in [0.25, 0.3) is 44.8 Å². The molecule has 0 saturated carbocycles. The van der Waals surface area contributed by atoms with Crippen LogP contribution in [0.1, 0.15) is 0 Å². The second-order valence-electron chi connectivity index (χ2n) is 6.83. The summed E-state index contributed by atoms with van der Waals surface area (Å²) < 4.78 is 4.44. The van der Waals surface area contributed by atoms with Crippen LogP contribution in [0.3, 0.4) is 0 Å². The van der Waals surface area contributed by atoms with E-state index in [2.05, 4.69) is 69.5 Å². The van der Waals surface area contributed by atoms with Gasteiger partial charge in [-0.25, -0.2) is 9.97 Å². The van der Waals surface area contributed by atoms with Gasteiger partial charge in [-0.3, -0.25) is 8.80 Å². The van der Waals surface area contributed by atoms with E-state index in [1.165, 1.54) is 0 Å². The van der Waals surface area contributed by atoms with Crippen LogP contribution in [0.2, 0.25) is 0 Å². The SMILES string of the molecule is c1ccc(-c2ncc3c4ncc(-c5ccccc5)n4c4ccccc4n23)cc1. The van der Waals surface area contributed by atoms with E-state index in [4.69, 9.17) is 9.97 Å². The lowest BCUT2D eigenvalue weighted by atomic mass is 10.1. The van der Waals surface area contributed by atoms with Gasteiger partial charge in [-0.15, -0.1) is 0 Å². The molecule has 0 spiro atoms. The number of fused-ring (bicyclic) bond motifs is 6. The zero-order valence-electron chi connectivity index (χ0n) is 15.0. The molecule has 0 amide bonds. The molecule has 6 aromatic rings. The number of nitrogens with zero attached hydrogens (tertiary/aromatic N) is 4. The molecular formula is C24H16N4. The minimum Gasteiger partial charge on any atom is -0.289 e. The Labute approximate surface area is 161 Å². The standard InChI is InChI=1S/C24H16N4/c1-3-9-17(10-4-1)21-15-26-24-22-16-25-23(18-11-5-2-6-12-18)28(22)20-14-8-7-13-19(20)27(21)24/h1-16H. The molecule has 0 bridgehead atoms. The lowest BCUT2D eigenvalue weighted by molar-refractivity contribution is 1.17. The number of rotatable bonds is 2. The Hall–Kier alpha value is -3.92. The molecule has 3 aromatic carbocycles. The van der Waals surface area contributed by atoms with Crippen LogP contribution in [0.15, 0.2) is 97.3 Å². The highest BCUT2D eigenvalue weighted by atomic mass is 15.1. The van der Waals surface area contributed by atoms with E-state index < -0.39 is 0 Å². The molecule has 132 valence electrons. The first-order valence-electron chi connectivity index (χ1n) is 9.28. The second-order valence-corrected chi connectivity index (χ2v) is 6.83. The van der Waals surface area contributed by atoms with E-state index in [1.54, 1.807) is 0 Å². The van der Waals surface area contributed by atoms with Crippen molar-refractivity contribution in [3.8, 4) is 22.6 Å². The van der Waals surface area contributed by atoms with Crippen molar-refractivity contribution < 1.29 is 0 Å². The average Bonchev–Trinajstić information content (AvgIpc) is 3.40. The average molecular weight is 360 g/mol. The Balaban J connectivity index is 1.80. The summed E-state index contributed by atoms with van der Waals surface area (Å²) in [5, 5.41) is 0. The predicted octanol–water partition coefficient (Wildman–Crippen LogP) is 5.47. The molecule has 0 fully saturated rings. The van der Waals surface area contributed by atoms with Gasteiger partial charge in [-0.1, -0.05) is 72.8 Å². The summed E-state index contributed by atoms with van der Waals surface area (Å²) in [6.07, 6.45) is 3.87. The molecule has 3 heterocycles. The smallest absolute Gasteiger partial charge is 0.163 e. The van der Waals surface area contributed by atoms with E-state index >= 15 is 0 Å². The van der Waals surface area contributed by atoms with Crippen LogP contribution in [0, 0.1) is 0 Å². The molecule has 0 atom stereocenters. The van der Waals surface area contributed by atoms with Crippen LogP contribution >= 0.6 is 0 Å². The third kappa shape index (κ3) is 2.06. The van der Waals surface area contributed by atoms with Crippen molar-refractivity contribution in [3.63, 3.8) is 0 Å². The van der Waals surface area contributed by atoms with Crippen molar-refractivity contribution in [1.82, 2.24) is 18.8 Å². The highest BCUT2D eigenvalue weighted by molar-refractivity contribution is 5.91. The summed E-state index contributed by atoms with van der Waals surface area (Å²) in [5.74, 6) is 0.929.